The molecule has 0 saturated carbocycles. The van der Waals surface area contributed by atoms with Gasteiger partial charge in [0.2, 0.25) is 0 Å². The van der Waals surface area contributed by atoms with Crippen molar-refractivity contribution < 1.29 is 18.9 Å². The second kappa shape index (κ2) is 9.58. The zero-order valence-electron chi connectivity index (χ0n) is 12.9. The Balaban J connectivity index is 0.000000220. The van der Waals surface area contributed by atoms with Crippen molar-refractivity contribution >= 4 is 31.9 Å². The van der Waals surface area contributed by atoms with Gasteiger partial charge >= 0.3 is 0 Å². The van der Waals surface area contributed by atoms with E-state index in [-0.39, 0.29) is 0 Å². The second-order valence-corrected chi connectivity index (χ2v) is 5.54. The Morgan fingerprint density at radius 2 is 0.773 bits per heavy atom. The molecule has 0 fully saturated rings. The van der Waals surface area contributed by atoms with Crippen LogP contribution in [0.15, 0.2) is 45.3 Å². The van der Waals surface area contributed by atoms with Crippen molar-refractivity contribution in [1.29, 1.82) is 0 Å². The Hall–Kier alpha value is -1.40. The Labute approximate surface area is 147 Å². The van der Waals surface area contributed by atoms with E-state index in [1.54, 1.807) is 28.4 Å². The van der Waals surface area contributed by atoms with Crippen LogP contribution in [0.2, 0.25) is 0 Å². The van der Waals surface area contributed by atoms with Gasteiger partial charge in [-0.3, -0.25) is 0 Å². The van der Waals surface area contributed by atoms with Crippen molar-refractivity contribution in [2.24, 2.45) is 0 Å². The highest BCUT2D eigenvalue weighted by molar-refractivity contribution is 9.11. The summed E-state index contributed by atoms with van der Waals surface area (Å²) in [5, 5.41) is 0. The maximum atomic E-state index is 5.06. The Morgan fingerprint density at radius 1 is 0.545 bits per heavy atom. The van der Waals surface area contributed by atoms with Crippen LogP contribution in [-0.4, -0.2) is 28.4 Å². The number of hydrogen-bond acceptors (Lipinski definition) is 4. The zero-order valence-corrected chi connectivity index (χ0v) is 16.0. The van der Waals surface area contributed by atoms with Crippen molar-refractivity contribution in [2.75, 3.05) is 28.4 Å². The van der Waals surface area contributed by atoms with Crippen LogP contribution in [0.25, 0.3) is 0 Å². The van der Waals surface area contributed by atoms with E-state index in [4.69, 9.17) is 18.9 Å². The van der Waals surface area contributed by atoms with Crippen molar-refractivity contribution in [2.45, 2.75) is 0 Å². The van der Waals surface area contributed by atoms with Gasteiger partial charge < -0.3 is 18.9 Å². The molecule has 22 heavy (non-hydrogen) atoms. The van der Waals surface area contributed by atoms with E-state index in [2.05, 4.69) is 31.9 Å². The van der Waals surface area contributed by atoms with Gasteiger partial charge in [-0.05, 0) is 56.1 Å². The van der Waals surface area contributed by atoms with Gasteiger partial charge in [0.15, 0.2) is 0 Å². The summed E-state index contributed by atoms with van der Waals surface area (Å²) >= 11 is 6.70. The van der Waals surface area contributed by atoms with Crippen molar-refractivity contribution in [1.82, 2.24) is 0 Å². The van der Waals surface area contributed by atoms with E-state index in [9.17, 15) is 0 Å². The van der Waals surface area contributed by atoms with Crippen LogP contribution in [-0.2, 0) is 0 Å². The molecule has 0 saturated heterocycles. The number of halogens is 2. The molecule has 0 spiro atoms. The molecular weight excluding hydrogens is 416 g/mol. The maximum Gasteiger partial charge on any atom is 0.136 e. The first-order valence-corrected chi connectivity index (χ1v) is 7.90. The van der Waals surface area contributed by atoms with Crippen molar-refractivity contribution in [3.05, 3.63) is 45.3 Å². The number of ether oxygens (including phenoxy) is 4. The molecule has 0 aliphatic carbocycles. The minimum absolute atomic E-state index is 0.782. The fourth-order valence-corrected chi connectivity index (χ4v) is 2.79. The third kappa shape index (κ3) is 4.81. The Kier molecular flexibility index (Phi) is 8.12. The first-order chi connectivity index (χ1) is 10.6. The molecule has 2 aromatic carbocycles. The highest BCUT2D eigenvalue weighted by atomic mass is 79.9. The summed E-state index contributed by atoms with van der Waals surface area (Å²) in [7, 11) is 6.50. The number of methoxy groups -OCH3 is 4. The topological polar surface area (TPSA) is 36.9 Å². The van der Waals surface area contributed by atoms with Crippen molar-refractivity contribution in [3.63, 3.8) is 0 Å². The smallest absolute Gasteiger partial charge is 0.136 e. The predicted molar refractivity (Wildman–Crippen MR) is 94.5 cm³/mol. The first kappa shape index (κ1) is 18.6. The first-order valence-electron chi connectivity index (χ1n) is 6.32. The highest BCUT2D eigenvalue weighted by Crippen LogP contribution is 2.34. The van der Waals surface area contributed by atoms with Crippen LogP contribution in [0.1, 0.15) is 0 Å². The lowest BCUT2D eigenvalue weighted by Crippen LogP contribution is -1.88. The lowest BCUT2D eigenvalue weighted by atomic mass is 10.3. The number of rotatable bonds is 4. The van der Waals surface area contributed by atoms with E-state index in [1.165, 1.54) is 0 Å². The van der Waals surface area contributed by atoms with E-state index in [0.717, 1.165) is 31.9 Å². The number of hydrogen-bond donors (Lipinski definition) is 0. The van der Waals surface area contributed by atoms with Gasteiger partial charge in [-0.1, -0.05) is 12.1 Å². The summed E-state index contributed by atoms with van der Waals surface area (Å²) < 4.78 is 21.9. The summed E-state index contributed by atoms with van der Waals surface area (Å²) in [6.07, 6.45) is 0. The van der Waals surface area contributed by atoms with E-state index < -0.39 is 0 Å². The molecule has 0 aliphatic rings. The molecule has 0 radical (unpaired) electrons. The summed E-state index contributed by atoms with van der Waals surface area (Å²) in [4.78, 5) is 0. The Bertz CT molecular complexity index is 505. The van der Waals surface area contributed by atoms with Gasteiger partial charge in [-0.2, -0.15) is 0 Å². The summed E-state index contributed by atoms with van der Waals surface area (Å²) in [6.45, 7) is 0. The molecule has 2 aromatic rings. The van der Waals surface area contributed by atoms with Crippen LogP contribution >= 0.6 is 31.9 Å². The van der Waals surface area contributed by atoms with E-state index >= 15 is 0 Å². The molecule has 120 valence electrons. The molecule has 0 heterocycles. The molecule has 4 nitrogen and oxygen atoms in total. The van der Waals surface area contributed by atoms with Crippen LogP contribution < -0.4 is 18.9 Å². The largest absolute Gasteiger partial charge is 0.495 e. The monoisotopic (exact) mass is 432 g/mol. The number of benzene rings is 2. The van der Waals surface area contributed by atoms with Crippen LogP contribution in [0, 0.1) is 0 Å². The van der Waals surface area contributed by atoms with E-state index in [0.29, 0.717) is 0 Å². The fraction of sp³-hybridized carbons (Fsp3) is 0.250. The quantitative estimate of drug-likeness (QED) is 0.684. The van der Waals surface area contributed by atoms with Gasteiger partial charge in [-0.25, -0.2) is 0 Å². The third-order valence-corrected chi connectivity index (χ3v) is 4.30. The Morgan fingerprint density at radius 3 is 0.955 bits per heavy atom. The summed E-state index contributed by atoms with van der Waals surface area (Å²) in [5.74, 6) is 3.13. The molecule has 0 unspecified atom stereocenters. The third-order valence-electron chi connectivity index (χ3n) is 2.74. The maximum absolute atomic E-state index is 5.06. The molecule has 0 bridgehead atoms. The lowest BCUT2D eigenvalue weighted by Gasteiger charge is -2.06. The van der Waals surface area contributed by atoms with Crippen LogP contribution in [0.5, 0.6) is 23.0 Å². The molecule has 0 aliphatic heterocycles. The van der Waals surface area contributed by atoms with Crippen molar-refractivity contribution in [3.8, 4) is 23.0 Å². The van der Waals surface area contributed by atoms with E-state index in [1.807, 2.05) is 36.4 Å². The molecule has 0 N–H and O–H groups in total. The summed E-state index contributed by atoms with van der Waals surface area (Å²) in [6, 6.07) is 11.2. The summed E-state index contributed by atoms with van der Waals surface area (Å²) in [5.41, 5.74) is 0. The van der Waals surface area contributed by atoms with Crippen LogP contribution in [0.4, 0.5) is 0 Å². The van der Waals surface area contributed by atoms with Gasteiger partial charge in [0.05, 0.1) is 28.4 Å². The van der Waals surface area contributed by atoms with Gasteiger partial charge in [0.1, 0.15) is 31.9 Å². The minimum Gasteiger partial charge on any atom is -0.495 e. The highest BCUT2D eigenvalue weighted by Gasteiger charge is 2.04. The average Bonchev–Trinajstić information content (AvgIpc) is 2.56. The molecule has 0 aromatic heterocycles. The average molecular weight is 434 g/mol. The molecule has 0 atom stereocenters. The van der Waals surface area contributed by atoms with Crippen LogP contribution in [0.3, 0.4) is 0 Å². The van der Waals surface area contributed by atoms with Gasteiger partial charge in [0.25, 0.3) is 0 Å². The lowest BCUT2D eigenvalue weighted by molar-refractivity contribution is 0.389. The standard InChI is InChI=1S/2C8H9BrO2/c2*1-10-6-4-3-5-7(11-2)8(6)9/h2*3-5H,1-2H3. The van der Waals surface area contributed by atoms with Gasteiger partial charge in [0, 0.05) is 0 Å². The zero-order chi connectivity index (χ0) is 16.5. The minimum atomic E-state index is 0.782. The fourth-order valence-electron chi connectivity index (χ4n) is 1.61. The normalized spacial score (nSPS) is 9.36. The molecule has 2 rings (SSSR count). The molecular formula is C16H18Br2O4. The molecule has 0 amide bonds. The SMILES string of the molecule is COc1cccc(OC)c1Br.COc1cccc(OC)c1Br. The van der Waals surface area contributed by atoms with Gasteiger partial charge in [-0.15, -0.1) is 0 Å². The second-order valence-electron chi connectivity index (χ2n) is 3.95. The predicted octanol–water partition coefficient (Wildman–Crippen LogP) is 4.93. The molecule has 6 heteroatoms.